The molecule has 0 fully saturated rings. The van der Waals surface area contributed by atoms with Gasteiger partial charge in [-0.3, -0.25) is 0 Å². The van der Waals surface area contributed by atoms with E-state index in [0.29, 0.717) is 17.1 Å². The van der Waals surface area contributed by atoms with Crippen LogP contribution >= 0.6 is 27.3 Å². The average molecular weight is 462 g/mol. The smallest absolute Gasteiger partial charge is 0.224 e. The van der Waals surface area contributed by atoms with E-state index in [1.54, 1.807) is 42.9 Å². The van der Waals surface area contributed by atoms with Gasteiger partial charge in [0.05, 0.1) is 15.4 Å². The van der Waals surface area contributed by atoms with E-state index in [1.165, 1.54) is 11.3 Å². The number of anilines is 1. The molecule has 0 aliphatic carbocycles. The number of aromatic nitrogens is 6. The minimum Gasteiger partial charge on any atom is -0.618 e. The molecule has 0 bridgehead atoms. The van der Waals surface area contributed by atoms with Crippen molar-refractivity contribution in [2.45, 2.75) is 26.0 Å². The fourth-order valence-corrected chi connectivity index (χ4v) is 4.40. The van der Waals surface area contributed by atoms with Crippen molar-refractivity contribution in [3.8, 4) is 11.4 Å². The summed E-state index contributed by atoms with van der Waals surface area (Å²) in [6.45, 7) is 3.33. The molecule has 144 valence electrons. The standard InChI is InChI=1S/C17H16BrN7O2S/c1-17(2,26)12-5-3-4-9(25(12)27)6-24-7-11(22-23-24)14-15-13(10(18)8-28-15)20-16(19)21-14/h3-5,7-8,26H,6H2,1-2H3,(H2,19,20,21). The van der Waals surface area contributed by atoms with Gasteiger partial charge in [-0.25, -0.2) is 14.6 Å². The van der Waals surface area contributed by atoms with Crippen molar-refractivity contribution in [2.75, 3.05) is 5.73 Å². The van der Waals surface area contributed by atoms with Gasteiger partial charge in [-0.05, 0) is 35.8 Å². The third-order valence-electron chi connectivity index (χ3n) is 4.14. The van der Waals surface area contributed by atoms with Crippen LogP contribution < -0.4 is 10.5 Å². The van der Waals surface area contributed by atoms with Gasteiger partial charge < -0.3 is 16.0 Å². The van der Waals surface area contributed by atoms with Gasteiger partial charge in [0.1, 0.15) is 29.1 Å². The maximum Gasteiger partial charge on any atom is 0.224 e. The van der Waals surface area contributed by atoms with E-state index in [-0.39, 0.29) is 18.2 Å². The lowest BCUT2D eigenvalue weighted by Gasteiger charge is -2.18. The van der Waals surface area contributed by atoms with Crippen molar-refractivity contribution in [2.24, 2.45) is 0 Å². The maximum atomic E-state index is 12.6. The summed E-state index contributed by atoms with van der Waals surface area (Å²) in [5, 5.41) is 32.9. The van der Waals surface area contributed by atoms with Gasteiger partial charge in [-0.15, -0.1) is 16.4 Å². The quantitative estimate of drug-likeness (QED) is 0.351. The zero-order valence-electron chi connectivity index (χ0n) is 15.0. The lowest BCUT2D eigenvalue weighted by Crippen LogP contribution is -2.43. The molecule has 0 saturated carbocycles. The first kappa shape index (κ1) is 18.7. The summed E-state index contributed by atoms with van der Waals surface area (Å²) in [5.41, 5.74) is 7.12. The summed E-state index contributed by atoms with van der Waals surface area (Å²) in [5.74, 6) is 0.145. The SMILES string of the molecule is CC(C)(O)c1cccc(Cn2cc(-c3nc(N)nc4c(Br)csc34)nn2)[n+]1[O-]. The number of pyridine rings is 1. The van der Waals surface area contributed by atoms with Crippen molar-refractivity contribution < 1.29 is 9.84 Å². The fraction of sp³-hybridized carbons (Fsp3) is 0.235. The number of aliphatic hydroxyl groups is 1. The van der Waals surface area contributed by atoms with E-state index in [1.807, 2.05) is 5.38 Å². The summed E-state index contributed by atoms with van der Waals surface area (Å²) in [4.78, 5) is 8.56. The molecule has 3 N–H and O–H groups in total. The molecule has 4 aromatic heterocycles. The Morgan fingerprint density at radius 3 is 2.89 bits per heavy atom. The number of nitrogens with zero attached hydrogens (tertiary/aromatic N) is 6. The molecule has 0 spiro atoms. The maximum absolute atomic E-state index is 12.6. The first-order valence-corrected chi connectivity index (χ1v) is 9.96. The van der Waals surface area contributed by atoms with Crippen molar-refractivity contribution in [3.63, 3.8) is 0 Å². The number of halogens is 1. The second-order valence-corrected chi connectivity index (χ2v) is 8.48. The molecule has 4 aromatic rings. The molecule has 4 rings (SSSR count). The van der Waals surface area contributed by atoms with Crippen molar-refractivity contribution >= 4 is 43.4 Å². The number of thiophene rings is 1. The van der Waals surface area contributed by atoms with Gasteiger partial charge in [0.25, 0.3) is 0 Å². The molecule has 28 heavy (non-hydrogen) atoms. The highest BCUT2D eigenvalue weighted by Crippen LogP contribution is 2.35. The molecule has 4 heterocycles. The number of nitrogens with two attached hydrogens (primary N) is 1. The number of nitrogen functional groups attached to an aromatic ring is 1. The Hall–Kier alpha value is -2.63. The van der Waals surface area contributed by atoms with Crippen LogP contribution in [-0.4, -0.2) is 30.1 Å². The number of hydrogen-bond donors (Lipinski definition) is 2. The predicted octanol–water partition coefficient (Wildman–Crippen LogP) is 2.20. The molecule has 0 radical (unpaired) electrons. The molecule has 0 aliphatic heterocycles. The molecule has 9 nitrogen and oxygen atoms in total. The molecule has 0 aromatic carbocycles. The highest BCUT2D eigenvalue weighted by molar-refractivity contribution is 9.10. The molecule has 0 amide bonds. The van der Waals surface area contributed by atoms with Crippen molar-refractivity contribution in [1.82, 2.24) is 25.0 Å². The van der Waals surface area contributed by atoms with Crippen LogP contribution in [0.3, 0.4) is 0 Å². The Morgan fingerprint density at radius 1 is 1.36 bits per heavy atom. The minimum atomic E-state index is -1.25. The van der Waals surface area contributed by atoms with E-state index >= 15 is 0 Å². The van der Waals surface area contributed by atoms with Crippen LogP contribution in [0.2, 0.25) is 0 Å². The number of rotatable bonds is 4. The Kier molecular flexibility index (Phi) is 4.52. The summed E-state index contributed by atoms with van der Waals surface area (Å²) in [6.07, 6.45) is 1.70. The third-order valence-corrected chi connectivity index (χ3v) is 6.03. The lowest BCUT2D eigenvalue weighted by atomic mass is 10.0. The first-order chi connectivity index (χ1) is 13.2. The highest BCUT2D eigenvalue weighted by Gasteiger charge is 2.27. The largest absolute Gasteiger partial charge is 0.618 e. The van der Waals surface area contributed by atoms with Gasteiger partial charge in [-0.2, -0.15) is 4.73 Å². The average Bonchev–Trinajstić information content (AvgIpc) is 3.23. The lowest BCUT2D eigenvalue weighted by molar-refractivity contribution is -0.630. The van der Waals surface area contributed by atoms with Crippen LogP contribution in [0.25, 0.3) is 21.6 Å². The van der Waals surface area contributed by atoms with Gasteiger partial charge in [0, 0.05) is 17.5 Å². The van der Waals surface area contributed by atoms with E-state index in [9.17, 15) is 10.3 Å². The molecular weight excluding hydrogens is 446 g/mol. The molecule has 0 saturated heterocycles. The Morgan fingerprint density at radius 2 is 2.14 bits per heavy atom. The molecule has 0 unspecified atom stereocenters. The zero-order chi connectivity index (χ0) is 20.1. The van der Waals surface area contributed by atoms with Crippen molar-refractivity contribution in [3.05, 3.63) is 50.8 Å². The van der Waals surface area contributed by atoms with Crippen LogP contribution in [0.5, 0.6) is 0 Å². The second kappa shape index (κ2) is 6.76. The van der Waals surface area contributed by atoms with Crippen LogP contribution in [0.4, 0.5) is 5.95 Å². The monoisotopic (exact) mass is 461 g/mol. The van der Waals surface area contributed by atoms with Gasteiger partial charge >= 0.3 is 0 Å². The summed E-state index contributed by atoms with van der Waals surface area (Å²) < 4.78 is 3.95. The second-order valence-electron chi connectivity index (χ2n) is 6.75. The Balaban J connectivity index is 1.71. The fourth-order valence-electron chi connectivity index (χ4n) is 2.84. The van der Waals surface area contributed by atoms with Crippen LogP contribution in [0.1, 0.15) is 25.2 Å². The van der Waals surface area contributed by atoms with Crippen LogP contribution in [0.15, 0.2) is 34.2 Å². The zero-order valence-corrected chi connectivity index (χ0v) is 17.4. The van der Waals surface area contributed by atoms with E-state index in [4.69, 9.17) is 5.73 Å². The van der Waals surface area contributed by atoms with Crippen LogP contribution in [0, 0.1) is 5.21 Å². The van der Waals surface area contributed by atoms with Crippen molar-refractivity contribution in [1.29, 1.82) is 0 Å². The van der Waals surface area contributed by atoms with E-state index in [2.05, 4.69) is 36.2 Å². The molecule has 0 aliphatic rings. The predicted molar refractivity (Wildman–Crippen MR) is 108 cm³/mol. The number of fused-ring (bicyclic) bond motifs is 1. The van der Waals surface area contributed by atoms with Gasteiger partial charge in [0.2, 0.25) is 17.3 Å². The summed E-state index contributed by atoms with van der Waals surface area (Å²) in [6, 6.07) is 5.01. The van der Waals surface area contributed by atoms with Gasteiger partial charge in [0.15, 0.2) is 0 Å². The van der Waals surface area contributed by atoms with Crippen LogP contribution in [-0.2, 0) is 12.1 Å². The first-order valence-electron chi connectivity index (χ1n) is 8.29. The van der Waals surface area contributed by atoms with E-state index in [0.717, 1.165) is 19.4 Å². The molecule has 0 atom stereocenters. The summed E-state index contributed by atoms with van der Waals surface area (Å²) in [7, 11) is 0. The normalized spacial score (nSPS) is 12.0. The Bertz CT molecular complexity index is 1180. The number of hydrogen-bond acceptors (Lipinski definition) is 8. The van der Waals surface area contributed by atoms with Gasteiger partial charge in [-0.1, -0.05) is 5.21 Å². The third kappa shape index (κ3) is 3.32. The van der Waals surface area contributed by atoms with E-state index < -0.39 is 5.60 Å². The molecular formula is C17H16BrN7O2S. The highest BCUT2D eigenvalue weighted by atomic mass is 79.9. The Labute approximate surface area is 172 Å². The summed E-state index contributed by atoms with van der Waals surface area (Å²) >= 11 is 4.93. The molecule has 11 heteroatoms. The topological polar surface area (TPSA) is 130 Å². The minimum absolute atomic E-state index is 0.145.